The van der Waals surface area contributed by atoms with E-state index >= 15 is 0 Å². The first kappa shape index (κ1) is 16.2. The van der Waals surface area contributed by atoms with Gasteiger partial charge in [-0.15, -0.1) is 0 Å². The Kier molecular flexibility index (Phi) is 6.18. The summed E-state index contributed by atoms with van der Waals surface area (Å²) in [5.41, 5.74) is 6.85. The molecule has 4 N–H and O–H groups in total. The molecule has 0 fully saturated rings. The molecule has 110 valence electrons. The molecule has 0 saturated carbocycles. The van der Waals surface area contributed by atoms with Crippen LogP contribution in [0, 0.1) is 0 Å². The zero-order chi connectivity index (χ0) is 15.1. The first-order valence-electron chi connectivity index (χ1n) is 6.80. The molecule has 1 rings (SSSR count). The van der Waals surface area contributed by atoms with Gasteiger partial charge in [-0.05, 0) is 32.8 Å². The van der Waals surface area contributed by atoms with Crippen LogP contribution in [0.5, 0.6) is 0 Å². The summed E-state index contributed by atoms with van der Waals surface area (Å²) in [5, 5.41) is 5.37. The van der Waals surface area contributed by atoms with Crippen LogP contribution in [0.1, 0.15) is 26.3 Å². The number of nitrogens with two attached hydrogens (primary N) is 1. The maximum Gasteiger partial charge on any atom is 0.242 e. The highest BCUT2D eigenvalue weighted by atomic mass is 16.2. The zero-order valence-electron chi connectivity index (χ0n) is 12.2. The van der Waals surface area contributed by atoms with Gasteiger partial charge in [-0.25, -0.2) is 0 Å². The van der Waals surface area contributed by atoms with Gasteiger partial charge in [-0.3, -0.25) is 9.59 Å². The van der Waals surface area contributed by atoms with Crippen molar-refractivity contribution in [3.63, 3.8) is 0 Å². The van der Waals surface area contributed by atoms with Gasteiger partial charge >= 0.3 is 0 Å². The Morgan fingerprint density at radius 3 is 2.20 bits per heavy atom. The summed E-state index contributed by atoms with van der Waals surface area (Å²) in [6.07, 6.45) is 0.450. The minimum absolute atomic E-state index is 0.0415. The third kappa shape index (κ3) is 5.40. The molecule has 1 unspecified atom stereocenters. The first-order chi connectivity index (χ1) is 9.40. The van der Waals surface area contributed by atoms with Crippen molar-refractivity contribution in [2.24, 2.45) is 5.73 Å². The lowest BCUT2D eigenvalue weighted by atomic mass is 10.1. The van der Waals surface area contributed by atoms with Crippen molar-refractivity contribution in [3.8, 4) is 0 Å². The normalized spacial score (nSPS) is 13.7. The molecule has 20 heavy (non-hydrogen) atoms. The second-order valence-corrected chi connectivity index (χ2v) is 5.19. The topological polar surface area (TPSA) is 84.2 Å². The molecule has 0 spiro atoms. The van der Waals surface area contributed by atoms with Gasteiger partial charge in [0, 0.05) is 6.04 Å². The fourth-order valence-corrected chi connectivity index (χ4v) is 1.76. The van der Waals surface area contributed by atoms with Crippen LogP contribution >= 0.6 is 0 Å². The fourth-order valence-electron chi connectivity index (χ4n) is 1.76. The van der Waals surface area contributed by atoms with Gasteiger partial charge in [-0.1, -0.05) is 30.3 Å². The van der Waals surface area contributed by atoms with Crippen LogP contribution in [0.25, 0.3) is 0 Å². The van der Waals surface area contributed by atoms with Crippen LogP contribution in [0.3, 0.4) is 0 Å². The van der Waals surface area contributed by atoms with Gasteiger partial charge in [-0.2, -0.15) is 0 Å². The monoisotopic (exact) mass is 277 g/mol. The van der Waals surface area contributed by atoms with Gasteiger partial charge in [0.1, 0.15) is 6.04 Å². The van der Waals surface area contributed by atoms with Gasteiger partial charge in [0.05, 0.1) is 6.04 Å². The molecule has 0 radical (unpaired) electrons. The Labute approximate surface area is 119 Å². The number of rotatable bonds is 6. The largest absolute Gasteiger partial charge is 0.352 e. The van der Waals surface area contributed by atoms with Crippen molar-refractivity contribution < 1.29 is 9.59 Å². The third-order valence-corrected chi connectivity index (χ3v) is 2.82. The molecule has 0 aliphatic heterocycles. The highest BCUT2D eigenvalue weighted by Crippen LogP contribution is 2.02. The summed E-state index contributed by atoms with van der Waals surface area (Å²) < 4.78 is 0. The van der Waals surface area contributed by atoms with Crippen molar-refractivity contribution in [3.05, 3.63) is 35.9 Å². The lowest BCUT2D eigenvalue weighted by Gasteiger charge is -2.18. The van der Waals surface area contributed by atoms with E-state index in [0.29, 0.717) is 6.42 Å². The average Bonchev–Trinajstić information content (AvgIpc) is 2.38. The van der Waals surface area contributed by atoms with Crippen LogP contribution in [-0.4, -0.2) is 29.9 Å². The average molecular weight is 277 g/mol. The highest BCUT2D eigenvalue weighted by molar-refractivity contribution is 5.89. The number of hydrogen-bond acceptors (Lipinski definition) is 3. The van der Waals surface area contributed by atoms with Gasteiger partial charge in [0.25, 0.3) is 0 Å². The van der Waals surface area contributed by atoms with E-state index in [0.717, 1.165) is 5.56 Å². The number of carbonyl (C=O) groups excluding carboxylic acids is 2. The molecule has 0 aliphatic carbocycles. The molecule has 1 aromatic rings. The predicted octanol–water partition coefficient (Wildman–Crippen LogP) is 0.586. The molecule has 0 heterocycles. The Bertz CT molecular complexity index is 446. The van der Waals surface area contributed by atoms with E-state index in [1.54, 1.807) is 6.92 Å². The van der Waals surface area contributed by atoms with Crippen LogP contribution in [0.15, 0.2) is 30.3 Å². The summed E-state index contributed by atoms with van der Waals surface area (Å²) in [6, 6.07) is 8.34. The van der Waals surface area contributed by atoms with Crippen LogP contribution in [-0.2, 0) is 16.0 Å². The summed E-state index contributed by atoms with van der Waals surface area (Å²) >= 11 is 0. The Hall–Kier alpha value is -1.88. The van der Waals surface area contributed by atoms with E-state index in [2.05, 4.69) is 10.6 Å². The molecule has 1 aromatic carbocycles. The van der Waals surface area contributed by atoms with Crippen molar-refractivity contribution in [2.45, 2.75) is 45.3 Å². The Morgan fingerprint density at radius 2 is 1.65 bits per heavy atom. The number of benzene rings is 1. The van der Waals surface area contributed by atoms with Crippen LogP contribution < -0.4 is 16.4 Å². The zero-order valence-corrected chi connectivity index (χ0v) is 12.2. The number of carbonyl (C=O) groups is 2. The minimum Gasteiger partial charge on any atom is -0.352 e. The second-order valence-electron chi connectivity index (χ2n) is 5.19. The van der Waals surface area contributed by atoms with E-state index in [-0.39, 0.29) is 17.9 Å². The summed E-state index contributed by atoms with van der Waals surface area (Å²) in [4.78, 5) is 23.6. The number of amides is 2. The summed E-state index contributed by atoms with van der Waals surface area (Å²) in [5.74, 6) is -0.527. The molecule has 2 atom stereocenters. The predicted molar refractivity (Wildman–Crippen MR) is 79.0 cm³/mol. The maximum absolute atomic E-state index is 11.9. The quantitative estimate of drug-likeness (QED) is 0.711. The Morgan fingerprint density at radius 1 is 1.05 bits per heavy atom. The molecule has 5 nitrogen and oxygen atoms in total. The molecular weight excluding hydrogens is 254 g/mol. The van der Waals surface area contributed by atoms with Gasteiger partial charge in [0.2, 0.25) is 11.8 Å². The van der Waals surface area contributed by atoms with E-state index in [4.69, 9.17) is 5.73 Å². The number of nitrogens with one attached hydrogen (secondary N) is 2. The van der Waals surface area contributed by atoms with Crippen molar-refractivity contribution in [1.82, 2.24) is 10.6 Å². The SMILES string of the molecule is CC(C)NC(=O)C(C)NC(=O)[C@@H](N)Cc1ccccc1. The van der Waals surface area contributed by atoms with Gasteiger partial charge in [0.15, 0.2) is 0 Å². The molecule has 2 amide bonds. The maximum atomic E-state index is 11.9. The first-order valence-corrected chi connectivity index (χ1v) is 6.80. The second kappa shape index (κ2) is 7.65. The van der Waals surface area contributed by atoms with Crippen LogP contribution in [0.2, 0.25) is 0 Å². The van der Waals surface area contributed by atoms with E-state index in [1.807, 2.05) is 44.2 Å². The van der Waals surface area contributed by atoms with Crippen molar-refractivity contribution in [1.29, 1.82) is 0 Å². The molecule has 0 bridgehead atoms. The molecule has 5 heteroatoms. The lowest BCUT2D eigenvalue weighted by molar-refractivity contribution is -0.129. The van der Waals surface area contributed by atoms with Crippen molar-refractivity contribution in [2.75, 3.05) is 0 Å². The van der Waals surface area contributed by atoms with Gasteiger partial charge < -0.3 is 16.4 Å². The molecular formula is C15H23N3O2. The van der Waals surface area contributed by atoms with E-state index in [1.165, 1.54) is 0 Å². The fraction of sp³-hybridized carbons (Fsp3) is 0.467. The standard InChI is InChI=1S/C15H23N3O2/c1-10(2)17-14(19)11(3)18-15(20)13(16)9-12-7-5-4-6-8-12/h4-8,10-11,13H,9,16H2,1-3H3,(H,17,19)(H,18,20)/t11?,13-/m0/s1. The minimum atomic E-state index is -0.660. The van der Waals surface area contributed by atoms with Crippen LogP contribution in [0.4, 0.5) is 0 Å². The highest BCUT2D eigenvalue weighted by Gasteiger charge is 2.20. The molecule has 0 aliphatic rings. The van der Waals surface area contributed by atoms with Crippen molar-refractivity contribution >= 4 is 11.8 Å². The van der Waals surface area contributed by atoms with E-state index < -0.39 is 12.1 Å². The Balaban J connectivity index is 2.47. The third-order valence-electron chi connectivity index (χ3n) is 2.82. The van der Waals surface area contributed by atoms with E-state index in [9.17, 15) is 9.59 Å². The smallest absolute Gasteiger partial charge is 0.242 e. The molecule has 0 saturated heterocycles. The lowest BCUT2D eigenvalue weighted by Crippen LogP contribution is -2.51. The summed E-state index contributed by atoms with van der Waals surface area (Å²) in [6.45, 7) is 5.38. The molecule has 0 aromatic heterocycles. The number of hydrogen-bond donors (Lipinski definition) is 3. The summed E-state index contributed by atoms with van der Waals surface area (Å²) in [7, 11) is 0.